The molecule has 0 bridgehead atoms. The highest BCUT2D eigenvalue weighted by molar-refractivity contribution is 7.88. The number of aryl methyl sites for hydroxylation is 1. The molecule has 1 aliphatic heterocycles. The summed E-state index contributed by atoms with van der Waals surface area (Å²) in [5, 5.41) is 0. The molecular weight excluding hydrogens is 264 g/mol. The fourth-order valence-electron chi connectivity index (χ4n) is 2.62. The summed E-state index contributed by atoms with van der Waals surface area (Å²) >= 11 is 0. The largest absolute Gasteiger partial charge is 0.340 e. The van der Waals surface area contributed by atoms with Gasteiger partial charge in [-0.05, 0) is 25.2 Å². The number of sulfonamides is 1. The van der Waals surface area contributed by atoms with Crippen molar-refractivity contribution in [3.63, 3.8) is 0 Å². The quantitative estimate of drug-likeness (QED) is 0.873. The molecule has 2 N–H and O–H groups in total. The molecule has 1 aromatic rings. The Morgan fingerprint density at radius 3 is 2.89 bits per heavy atom. The number of hydrogen-bond donors (Lipinski definition) is 1. The van der Waals surface area contributed by atoms with Crippen molar-refractivity contribution in [2.45, 2.75) is 25.3 Å². The number of nitrogens with two attached hydrogens (primary N) is 1. The van der Waals surface area contributed by atoms with Crippen molar-refractivity contribution in [1.29, 1.82) is 0 Å². The Morgan fingerprint density at radius 1 is 1.58 bits per heavy atom. The monoisotopic (exact) mass is 286 g/mol. The predicted octanol–water partition coefficient (Wildman–Crippen LogP) is 0.482. The molecule has 0 amide bonds. The van der Waals surface area contributed by atoms with Crippen molar-refractivity contribution < 1.29 is 8.42 Å². The molecule has 108 valence electrons. The molecule has 1 fully saturated rings. The van der Waals surface area contributed by atoms with Crippen LogP contribution in [0.15, 0.2) is 12.5 Å². The van der Waals surface area contributed by atoms with Crippen molar-refractivity contribution in [2.24, 2.45) is 18.7 Å². The molecule has 6 nitrogen and oxygen atoms in total. The first kappa shape index (κ1) is 14.5. The molecule has 0 aromatic carbocycles. The molecule has 1 aliphatic rings. The SMILES string of the molecule is Cn1cnc(C(N)CC2CCCN(S(C)(=O)=O)C2)c1. The van der Waals surface area contributed by atoms with Gasteiger partial charge in [0.1, 0.15) is 0 Å². The first-order chi connectivity index (χ1) is 8.86. The molecule has 2 atom stereocenters. The Hall–Kier alpha value is -0.920. The van der Waals surface area contributed by atoms with Crippen LogP contribution >= 0.6 is 0 Å². The van der Waals surface area contributed by atoms with Crippen LogP contribution in [0.25, 0.3) is 0 Å². The van der Waals surface area contributed by atoms with Gasteiger partial charge in [-0.15, -0.1) is 0 Å². The van der Waals surface area contributed by atoms with E-state index in [-0.39, 0.29) is 6.04 Å². The summed E-state index contributed by atoms with van der Waals surface area (Å²) < 4.78 is 26.6. The van der Waals surface area contributed by atoms with E-state index in [0.29, 0.717) is 19.0 Å². The average Bonchev–Trinajstić information content (AvgIpc) is 2.75. The first-order valence-corrected chi connectivity index (χ1v) is 8.39. The highest BCUT2D eigenvalue weighted by atomic mass is 32.2. The lowest BCUT2D eigenvalue weighted by molar-refractivity contribution is 0.246. The van der Waals surface area contributed by atoms with Gasteiger partial charge >= 0.3 is 0 Å². The number of imidazole rings is 1. The van der Waals surface area contributed by atoms with Crippen LogP contribution in [0.4, 0.5) is 0 Å². The lowest BCUT2D eigenvalue weighted by Crippen LogP contribution is -2.40. The zero-order valence-electron chi connectivity index (χ0n) is 11.5. The minimum absolute atomic E-state index is 0.120. The van der Waals surface area contributed by atoms with Gasteiger partial charge in [-0.1, -0.05) is 0 Å². The Bertz CT molecular complexity index is 526. The smallest absolute Gasteiger partial charge is 0.211 e. The Labute approximate surface area is 114 Å². The molecule has 0 aliphatic carbocycles. The number of piperidine rings is 1. The number of nitrogens with zero attached hydrogens (tertiary/aromatic N) is 3. The second-order valence-electron chi connectivity index (χ2n) is 5.44. The minimum Gasteiger partial charge on any atom is -0.340 e. The van der Waals surface area contributed by atoms with Crippen LogP contribution in [0.1, 0.15) is 31.0 Å². The van der Waals surface area contributed by atoms with Crippen LogP contribution in [0.3, 0.4) is 0 Å². The molecule has 7 heteroatoms. The lowest BCUT2D eigenvalue weighted by atomic mass is 9.92. The molecule has 2 heterocycles. The molecule has 2 rings (SSSR count). The van der Waals surface area contributed by atoms with E-state index in [0.717, 1.165) is 25.0 Å². The summed E-state index contributed by atoms with van der Waals surface area (Å²) in [6.07, 6.45) is 7.65. The molecule has 0 spiro atoms. The highest BCUT2D eigenvalue weighted by Crippen LogP contribution is 2.26. The molecular formula is C12H22N4O2S. The zero-order chi connectivity index (χ0) is 14.0. The summed E-state index contributed by atoms with van der Waals surface area (Å²) in [6, 6.07) is -0.120. The van der Waals surface area contributed by atoms with E-state index in [1.165, 1.54) is 6.26 Å². The van der Waals surface area contributed by atoms with E-state index >= 15 is 0 Å². The molecule has 0 radical (unpaired) electrons. The maximum Gasteiger partial charge on any atom is 0.211 e. The highest BCUT2D eigenvalue weighted by Gasteiger charge is 2.27. The molecule has 1 saturated heterocycles. The molecule has 0 saturated carbocycles. The third-order valence-electron chi connectivity index (χ3n) is 3.64. The summed E-state index contributed by atoms with van der Waals surface area (Å²) in [5.41, 5.74) is 7.02. The predicted molar refractivity (Wildman–Crippen MR) is 73.9 cm³/mol. The zero-order valence-corrected chi connectivity index (χ0v) is 12.3. The van der Waals surface area contributed by atoms with Crippen molar-refractivity contribution in [2.75, 3.05) is 19.3 Å². The first-order valence-electron chi connectivity index (χ1n) is 6.55. The fraction of sp³-hybridized carbons (Fsp3) is 0.750. The summed E-state index contributed by atoms with van der Waals surface area (Å²) in [4.78, 5) is 4.26. The van der Waals surface area contributed by atoms with Crippen molar-refractivity contribution >= 4 is 10.0 Å². The van der Waals surface area contributed by atoms with Gasteiger partial charge in [0.2, 0.25) is 10.0 Å². The number of rotatable bonds is 4. The molecule has 2 unspecified atom stereocenters. The second-order valence-corrected chi connectivity index (χ2v) is 7.42. The van der Waals surface area contributed by atoms with Gasteiger partial charge in [0.05, 0.1) is 18.3 Å². The topological polar surface area (TPSA) is 81.2 Å². The standard InChI is InChI=1S/C12H22N4O2S/c1-15-8-12(14-9-15)11(13)6-10-4-3-5-16(7-10)19(2,17)18/h8-11H,3-7,13H2,1-2H3. The maximum absolute atomic E-state index is 11.6. The number of hydrogen-bond acceptors (Lipinski definition) is 4. The van der Waals surface area contributed by atoms with Gasteiger partial charge in [0.25, 0.3) is 0 Å². The van der Waals surface area contributed by atoms with Crippen molar-refractivity contribution in [3.05, 3.63) is 18.2 Å². The molecule has 1 aromatic heterocycles. The van der Waals surface area contributed by atoms with Crippen LogP contribution in [-0.4, -0.2) is 41.6 Å². The maximum atomic E-state index is 11.6. The van der Waals surface area contributed by atoms with Crippen molar-refractivity contribution in [3.8, 4) is 0 Å². The van der Waals surface area contributed by atoms with Crippen molar-refractivity contribution in [1.82, 2.24) is 13.9 Å². The van der Waals surface area contributed by atoms with Gasteiger partial charge in [-0.3, -0.25) is 0 Å². The Balaban J connectivity index is 1.95. The summed E-state index contributed by atoms with van der Waals surface area (Å²) in [5.74, 6) is 0.320. The van der Waals surface area contributed by atoms with Gasteiger partial charge < -0.3 is 10.3 Å². The molecule has 19 heavy (non-hydrogen) atoms. The van der Waals surface area contributed by atoms with Crippen LogP contribution in [0, 0.1) is 5.92 Å². The average molecular weight is 286 g/mol. The third-order valence-corrected chi connectivity index (χ3v) is 4.91. The van der Waals surface area contributed by atoms with Gasteiger partial charge in [-0.25, -0.2) is 17.7 Å². The van der Waals surface area contributed by atoms with Gasteiger partial charge in [0, 0.05) is 32.4 Å². The summed E-state index contributed by atoms with van der Waals surface area (Å²) in [6.45, 7) is 1.22. The van der Waals surface area contributed by atoms with E-state index in [4.69, 9.17) is 5.73 Å². The van der Waals surface area contributed by atoms with E-state index in [1.807, 2.05) is 17.8 Å². The van der Waals surface area contributed by atoms with Gasteiger partial charge in [-0.2, -0.15) is 0 Å². The van der Waals surface area contributed by atoms with Gasteiger partial charge in [0.15, 0.2) is 0 Å². The van der Waals surface area contributed by atoms with E-state index in [1.54, 1.807) is 10.6 Å². The summed E-state index contributed by atoms with van der Waals surface area (Å²) in [7, 11) is -1.17. The number of aromatic nitrogens is 2. The fourth-order valence-corrected chi connectivity index (χ4v) is 3.57. The Morgan fingerprint density at radius 2 is 2.32 bits per heavy atom. The van der Waals surface area contributed by atoms with E-state index in [2.05, 4.69) is 4.98 Å². The van der Waals surface area contributed by atoms with E-state index < -0.39 is 10.0 Å². The Kier molecular flexibility index (Phi) is 4.27. The van der Waals surface area contributed by atoms with Crippen LogP contribution in [-0.2, 0) is 17.1 Å². The van der Waals surface area contributed by atoms with Crippen LogP contribution in [0.5, 0.6) is 0 Å². The lowest BCUT2D eigenvalue weighted by Gasteiger charge is -2.32. The van der Waals surface area contributed by atoms with E-state index in [9.17, 15) is 8.42 Å². The normalized spacial score (nSPS) is 23.4. The van der Waals surface area contributed by atoms with Crippen LogP contribution < -0.4 is 5.73 Å². The minimum atomic E-state index is -3.08. The third kappa shape index (κ3) is 3.77. The second kappa shape index (κ2) is 5.60. The van der Waals surface area contributed by atoms with Crippen LogP contribution in [0.2, 0.25) is 0 Å².